The van der Waals surface area contributed by atoms with Crippen molar-refractivity contribution in [3.05, 3.63) is 34.3 Å². The van der Waals surface area contributed by atoms with Gasteiger partial charge in [0.05, 0.1) is 6.07 Å². The molecule has 0 aliphatic rings. The van der Waals surface area contributed by atoms with Gasteiger partial charge in [0.25, 0.3) is 0 Å². The van der Waals surface area contributed by atoms with E-state index in [1.54, 1.807) is 18.2 Å². The maximum Gasteiger partial charge on any atom is 0.170 e. The summed E-state index contributed by atoms with van der Waals surface area (Å²) < 4.78 is 0. The highest BCUT2D eigenvalue weighted by Crippen LogP contribution is 2.22. The number of hydrogen-bond acceptors (Lipinski definition) is 3. The summed E-state index contributed by atoms with van der Waals surface area (Å²) in [7, 11) is 0. The largest absolute Gasteiger partial charge is 0.385 e. The molecular formula is C10H10ClNO2. The zero-order valence-electron chi connectivity index (χ0n) is 7.61. The average molecular weight is 212 g/mol. The molecule has 0 aliphatic carbocycles. The summed E-state index contributed by atoms with van der Waals surface area (Å²) in [5.74, 6) is 0. The molecule has 0 amide bonds. The molecule has 4 heteroatoms. The molecular weight excluding hydrogens is 202 g/mol. The molecule has 0 bridgehead atoms. The second-order valence-electron chi connectivity index (χ2n) is 3.08. The summed E-state index contributed by atoms with van der Waals surface area (Å²) in [6, 6.07) is 6.50. The molecule has 1 aromatic carbocycles. The van der Waals surface area contributed by atoms with Gasteiger partial charge in [0.1, 0.15) is 6.10 Å². The van der Waals surface area contributed by atoms with Gasteiger partial charge in [-0.2, -0.15) is 5.26 Å². The molecule has 2 atom stereocenters. The molecule has 0 fully saturated rings. The lowest BCUT2D eigenvalue weighted by molar-refractivity contribution is 0.0528. The SMILES string of the molecule is Cc1cc(Cl)cc(C(O)C(O)C#N)c1. The molecule has 14 heavy (non-hydrogen) atoms. The zero-order chi connectivity index (χ0) is 10.7. The Morgan fingerprint density at radius 1 is 1.36 bits per heavy atom. The van der Waals surface area contributed by atoms with E-state index in [2.05, 4.69) is 0 Å². The van der Waals surface area contributed by atoms with Crippen LogP contribution in [0.15, 0.2) is 18.2 Å². The Kier molecular flexibility index (Phi) is 3.48. The minimum Gasteiger partial charge on any atom is -0.385 e. The summed E-state index contributed by atoms with van der Waals surface area (Å²) in [4.78, 5) is 0. The Balaban J connectivity index is 3.02. The van der Waals surface area contributed by atoms with Gasteiger partial charge < -0.3 is 10.2 Å². The molecule has 0 aromatic heterocycles. The number of aliphatic hydroxyl groups excluding tert-OH is 2. The van der Waals surface area contributed by atoms with E-state index in [1.165, 1.54) is 6.07 Å². The number of nitrogens with zero attached hydrogens (tertiary/aromatic N) is 1. The molecule has 3 nitrogen and oxygen atoms in total. The van der Waals surface area contributed by atoms with Crippen LogP contribution < -0.4 is 0 Å². The monoisotopic (exact) mass is 211 g/mol. The molecule has 0 saturated carbocycles. The highest BCUT2D eigenvalue weighted by atomic mass is 35.5. The molecule has 1 rings (SSSR count). The molecule has 2 unspecified atom stereocenters. The summed E-state index contributed by atoms with van der Waals surface area (Å²) in [5.41, 5.74) is 1.32. The van der Waals surface area contributed by atoms with Crippen LogP contribution in [-0.4, -0.2) is 16.3 Å². The van der Waals surface area contributed by atoms with E-state index in [9.17, 15) is 5.11 Å². The van der Waals surface area contributed by atoms with Crippen LogP contribution in [-0.2, 0) is 0 Å². The lowest BCUT2D eigenvalue weighted by Crippen LogP contribution is -2.15. The number of hydrogen-bond donors (Lipinski definition) is 2. The molecule has 2 N–H and O–H groups in total. The van der Waals surface area contributed by atoms with Crippen molar-refractivity contribution in [1.29, 1.82) is 5.26 Å². The van der Waals surface area contributed by atoms with Crippen LogP contribution in [0.4, 0.5) is 0 Å². The van der Waals surface area contributed by atoms with Gasteiger partial charge in [-0.15, -0.1) is 0 Å². The van der Waals surface area contributed by atoms with E-state index in [0.717, 1.165) is 5.56 Å². The van der Waals surface area contributed by atoms with Crippen molar-refractivity contribution in [3.8, 4) is 6.07 Å². The van der Waals surface area contributed by atoms with E-state index in [0.29, 0.717) is 10.6 Å². The fourth-order valence-corrected chi connectivity index (χ4v) is 1.49. The van der Waals surface area contributed by atoms with Crippen molar-refractivity contribution in [2.75, 3.05) is 0 Å². The second kappa shape index (κ2) is 4.43. The molecule has 0 radical (unpaired) electrons. The van der Waals surface area contributed by atoms with E-state index in [-0.39, 0.29) is 0 Å². The summed E-state index contributed by atoms with van der Waals surface area (Å²) in [6.07, 6.45) is -2.63. The first-order valence-electron chi connectivity index (χ1n) is 4.07. The molecule has 0 saturated heterocycles. The van der Waals surface area contributed by atoms with Crippen LogP contribution in [0.25, 0.3) is 0 Å². The van der Waals surface area contributed by atoms with Gasteiger partial charge >= 0.3 is 0 Å². The highest BCUT2D eigenvalue weighted by molar-refractivity contribution is 6.30. The minimum atomic E-state index is -1.42. The van der Waals surface area contributed by atoms with E-state index < -0.39 is 12.2 Å². The highest BCUT2D eigenvalue weighted by Gasteiger charge is 2.17. The quantitative estimate of drug-likeness (QED) is 0.730. The number of aliphatic hydroxyl groups is 2. The van der Waals surface area contributed by atoms with Crippen LogP contribution in [0.1, 0.15) is 17.2 Å². The molecule has 1 aromatic rings. The third-order valence-corrected chi connectivity index (χ3v) is 2.06. The number of nitriles is 1. The third-order valence-electron chi connectivity index (χ3n) is 1.84. The summed E-state index contributed by atoms with van der Waals surface area (Å²) in [6.45, 7) is 1.82. The molecule has 0 heterocycles. The first-order valence-corrected chi connectivity index (χ1v) is 4.45. The Hall–Kier alpha value is -1.08. The predicted molar refractivity (Wildman–Crippen MR) is 52.8 cm³/mol. The van der Waals surface area contributed by atoms with Gasteiger partial charge in [-0.3, -0.25) is 0 Å². The fraction of sp³-hybridized carbons (Fsp3) is 0.300. The van der Waals surface area contributed by atoms with Gasteiger partial charge in [-0.1, -0.05) is 17.7 Å². The third kappa shape index (κ3) is 2.46. The maximum absolute atomic E-state index is 9.51. The molecule has 0 aliphatic heterocycles. The standard InChI is InChI=1S/C10H10ClNO2/c1-6-2-7(4-8(11)3-6)10(14)9(13)5-12/h2-4,9-10,13-14H,1H3. The van der Waals surface area contributed by atoms with Crippen LogP contribution in [0.2, 0.25) is 5.02 Å². The molecule has 0 spiro atoms. The Morgan fingerprint density at radius 2 is 2.00 bits per heavy atom. The lowest BCUT2D eigenvalue weighted by atomic mass is 10.0. The lowest BCUT2D eigenvalue weighted by Gasteiger charge is -2.12. The number of rotatable bonds is 2. The van der Waals surface area contributed by atoms with Gasteiger partial charge in [0, 0.05) is 5.02 Å². The minimum absolute atomic E-state index is 0.448. The topological polar surface area (TPSA) is 64.2 Å². The summed E-state index contributed by atoms with van der Waals surface area (Å²) >= 11 is 5.77. The Bertz CT molecular complexity index is 353. The predicted octanol–water partition coefficient (Wildman–Crippen LogP) is 1.57. The average Bonchev–Trinajstić information content (AvgIpc) is 2.14. The van der Waals surface area contributed by atoms with Crippen LogP contribution in [0.5, 0.6) is 0 Å². The van der Waals surface area contributed by atoms with Crippen molar-refractivity contribution in [3.63, 3.8) is 0 Å². The van der Waals surface area contributed by atoms with Crippen molar-refractivity contribution >= 4 is 11.6 Å². The van der Waals surface area contributed by atoms with E-state index in [1.807, 2.05) is 6.92 Å². The van der Waals surface area contributed by atoms with Crippen LogP contribution in [0.3, 0.4) is 0 Å². The number of benzene rings is 1. The normalized spacial score (nSPS) is 14.5. The summed E-state index contributed by atoms with van der Waals surface area (Å²) in [5, 5.41) is 27.5. The molecule has 74 valence electrons. The zero-order valence-corrected chi connectivity index (χ0v) is 8.36. The van der Waals surface area contributed by atoms with Gasteiger partial charge in [-0.25, -0.2) is 0 Å². The van der Waals surface area contributed by atoms with Gasteiger partial charge in [0.15, 0.2) is 6.10 Å². The Morgan fingerprint density at radius 3 is 2.50 bits per heavy atom. The van der Waals surface area contributed by atoms with Crippen molar-refractivity contribution in [1.82, 2.24) is 0 Å². The fourth-order valence-electron chi connectivity index (χ4n) is 1.19. The van der Waals surface area contributed by atoms with Gasteiger partial charge in [-0.05, 0) is 30.2 Å². The number of aryl methyl sites for hydroxylation is 1. The number of halogens is 1. The second-order valence-corrected chi connectivity index (χ2v) is 3.52. The van der Waals surface area contributed by atoms with Crippen molar-refractivity contribution in [2.45, 2.75) is 19.1 Å². The van der Waals surface area contributed by atoms with E-state index >= 15 is 0 Å². The van der Waals surface area contributed by atoms with Gasteiger partial charge in [0.2, 0.25) is 0 Å². The first kappa shape index (κ1) is 11.0. The van der Waals surface area contributed by atoms with Crippen LogP contribution >= 0.6 is 11.6 Å². The maximum atomic E-state index is 9.51. The van der Waals surface area contributed by atoms with Crippen molar-refractivity contribution < 1.29 is 10.2 Å². The first-order chi connectivity index (χ1) is 6.54. The smallest absolute Gasteiger partial charge is 0.170 e. The Labute approximate surface area is 87.2 Å². The van der Waals surface area contributed by atoms with Crippen LogP contribution in [0, 0.1) is 18.3 Å². The van der Waals surface area contributed by atoms with E-state index in [4.69, 9.17) is 22.0 Å². The van der Waals surface area contributed by atoms with Crippen molar-refractivity contribution in [2.24, 2.45) is 0 Å².